The number of hydrogen-bond donors (Lipinski definition) is 1. The van der Waals surface area contributed by atoms with Crippen LogP contribution in [0, 0.1) is 13.8 Å². The fourth-order valence-corrected chi connectivity index (χ4v) is 3.02. The Morgan fingerprint density at radius 1 is 1.23 bits per heavy atom. The fourth-order valence-electron chi connectivity index (χ4n) is 2.80. The second-order valence-corrected chi connectivity index (χ2v) is 6.65. The van der Waals surface area contributed by atoms with E-state index < -0.39 is 0 Å². The highest BCUT2D eigenvalue weighted by molar-refractivity contribution is 6.31. The molecule has 0 fully saturated rings. The van der Waals surface area contributed by atoms with Gasteiger partial charge in [0, 0.05) is 24.0 Å². The van der Waals surface area contributed by atoms with E-state index in [9.17, 15) is 4.79 Å². The van der Waals surface area contributed by atoms with Crippen molar-refractivity contribution in [3.8, 4) is 0 Å². The molecule has 0 spiro atoms. The summed E-state index contributed by atoms with van der Waals surface area (Å²) >= 11 is 6.14. The molecule has 3 aromatic rings. The summed E-state index contributed by atoms with van der Waals surface area (Å²) in [7, 11) is 0. The monoisotopic (exact) mass is 371 g/mol. The van der Waals surface area contributed by atoms with Crippen LogP contribution in [0.15, 0.2) is 36.5 Å². The largest absolute Gasteiger partial charge is 0.346 e. The molecule has 0 saturated heterocycles. The van der Waals surface area contributed by atoms with Gasteiger partial charge in [0.1, 0.15) is 5.69 Å². The predicted octanol–water partition coefficient (Wildman–Crippen LogP) is 3.35. The summed E-state index contributed by atoms with van der Waals surface area (Å²) in [6.07, 6.45) is 1.76. The summed E-state index contributed by atoms with van der Waals surface area (Å²) in [4.78, 5) is 12.5. The van der Waals surface area contributed by atoms with Crippen LogP contribution in [0.5, 0.6) is 0 Å². The molecule has 3 rings (SSSR count). The zero-order chi connectivity index (χ0) is 18.7. The van der Waals surface area contributed by atoms with Crippen LogP contribution in [0.2, 0.25) is 5.02 Å². The zero-order valence-corrected chi connectivity index (χ0v) is 15.9. The van der Waals surface area contributed by atoms with Crippen LogP contribution in [-0.2, 0) is 19.6 Å². The Morgan fingerprint density at radius 2 is 2.04 bits per heavy atom. The first-order valence-corrected chi connectivity index (χ1v) is 8.94. The summed E-state index contributed by atoms with van der Waals surface area (Å²) in [5.74, 6) is -0.151. The summed E-state index contributed by atoms with van der Waals surface area (Å²) in [5.41, 5.74) is 4.38. The molecule has 7 heteroatoms. The lowest BCUT2D eigenvalue weighted by Gasteiger charge is -2.08. The number of hydrogen-bond acceptors (Lipinski definition) is 3. The van der Waals surface area contributed by atoms with E-state index in [1.54, 1.807) is 16.9 Å². The zero-order valence-electron chi connectivity index (χ0n) is 15.2. The van der Waals surface area contributed by atoms with Gasteiger partial charge < -0.3 is 5.32 Å². The Balaban J connectivity index is 1.67. The van der Waals surface area contributed by atoms with E-state index in [-0.39, 0.29) is 5.91 Å². The molecule has 0 aliphatic rings. The molecule has 0 radical (unpaired) electrons. The molecule has 0 atom stereocenters. The first-order chi connectivity index (χ1) is 12.5. The molecule has 0 unspecified atom stereocenters. The molecule has 2 aromatic heterocycles. The SMILES string of the molecule is CCn1cc(Cl)c(CNC(=O)c2cccc(Cn3nc(C)cc3C)c2)n1. The van der Waals surface area contributed by atoms with Gasteiger partial charge in [-0.15, -0.1) is 0 Å². The van der Waals surface area contributed by atoms with E-state index in [0.29, 0.717) is 29.4 Å². The molecular weight excluding hydrogens is 350 g/mol. The van der Waals surface area contributed by atoms with Crippen molar-refractivity contribution >= 4 is 17.5 Å². The lowest BCUT2D eigenvalue weighted by atomic mass is 10.1. The maximum absolute atomic E-state index is 12.5. The van der Waals surface area contributed by atoms with Crippen LogP contribution in [-0.4, -0.2) is 25.5 Å². The average molecular weight is 372 g/mol. The number of amides is 1. The average Bonchev–Trinajstić information content (AvgIpc) is 3.14. The van der Waals surface area contributed by atoms with Crippen LogP contribution in [0.3, 0.4) is 0 Å². The van der Waals surface area contributed by atoms with E-state index in [2.05, 4.69) is 15.5 Å². The predicted molar refractivity (Wildman–Crippen MR) is 101 cm³/mol. The normalized spacial score (nSPS) is 10.9. The quantitative estimate of drug-likeness (QED) is 0.722. The number of benzene rings is 1. The fraction of sp³-hybridized carbons (Fsp3) is 0.316. The van der Waals surface area contributed by atoms with Gasteiger partial charge in [0.15, 0.2) is 0 Å². The van der Waals surface area contributed by atoms with Crippen molar-refractivity contribution in [2.45, 2.75) is 40.4 Å². The minimum absolute atomic E-state index is 0.151. The minimum Gasteiger partial charge on any atom is -0.346 e. The summed E-state index contributed by atoms with van der Waals surface area (Å²) in [5, 5.41) is 12.2. The Bertz CT molecular complexity index is 928. The second kappa shape index (κ2) is 7.74. The number of aromatic nitrogens is 4. The number of carbonyl (C=O) groups excluding carboxylic acids is 1. The lowest BCUT2D eigenvalue weighted by molar-refractivity contribution is 0.0950. The van der Waals surface area contributed by atoms with Crippen LogP contribution >= 0.6 is 11.6 Å². The molecule has 1 aromatic carbocycles. The van der Waals surface area contributed by atoms with Crippen molar-refractivity contribution in [1.82, 2.24) is 24.9 Å². The van der Waals surface area contributed by atoms with Gasteiger partial charge >= 0.3 is 0 Å². The summed E-state index contributed by atoms with van der Waals surface area (Å²) in [6.45, 7) is 7.65. The molecule has 0 bridgehead atoms. The highest BCUT2D eigenvalue weighted by Gasteiger charge is 2.11. The Kier molecular flexibility index (Phi) is 5.42. The molecule has 6 nitrogen and oxygen atoms in total. The molecule has 136 valence electrons. The third-order valence-corrected chi connectivity index (χ3v) is 4.47. The van der Waals surface area contributed by atoms with Gasteiger partial charge in [-0.2, -0.15) is 10.2 Å². The molecule has 1 amide bonds. The third kappa shape index (κ3) is 4.14. The van der Waals surface area contributed by atoms with E-state index >= 15 is 0 Å². The number of rotatable bonds is 6. The maximum Gasteiger partial charge on any atom is 0.251 e. The van der Waals surface area contributed by atoms with E-state index in [1.165, 1.54) is 0 Å². The number of nitrogens with one attached hydrogen (secondary N) is 1. The van der Waals surface area contributed by atoms with E-state index in [1.807, 2.05) is 49.7 Å². The van der Waals surface area contributed by atoms with Crippen molar-refractivity contribution in [3.63, 3.8) is 0 Å². The third-order valence-electron chi connectivity index (χ3n) is 4.15. The first kappa shape index (κ1) is 18.2. The van der Waals surface area contributed by atoms with Crippen molar-refractivity contribution in [1.29, 1.82) is 0 Å². The topological polar surface area (TPSA) is 64.7 Å². The number of carbonyl (C=O) groups is 1. The highest BCUT2D eigenvalue weighted by Crippen LogP contribution is 2.14. The van der Waals surface area contributed by atoms with Gasteiger partial charge in [0.25, 0.3) is 5.91 Å². The number of aryl methyl sites for hydroxylation is 3. The summed E-state index contributed by atoms with van der Waals surface area (Å²) in [6, 6.07) is 9.60. The van der Waals surface area contributed by atoms with Crippen LogP contribution < -0.4 is 5.32 Å². The number of nitrogens with zero attached hydrogens (tertiary/aromatic N) is 4. The van der Waals surface area contributed by atoms with Gasteiger partial charge in [-0.1, -0.05) is 23.7 Å². The molecule has 2 heterocycles. The van der Waals surface area contributed by atoms with Gasteiger partial charge in [-0.25, -0.2) is 0 Å². The van der Waals surface area contributed by atoms with Crippen molar-refractivity contribution in [2.75, 3.05) is 0 Å². The molecule has 1 N–H and O–H groups in total. The molecule has 0 aliphatic heterocycles. The molecular formula is C19H22ClN5O. The van der Waals surface area contributed by atoms with Crippen LogP contribution in [0.25, 0.3) is 0 Å². The van der Waals surface area contributed by atoms with E-state index in [4.69, 9.17) is 11.6 Å². The Labute approximate surface area is 157 Å². The standard InChI is InChI=1S/C19H22ClN5O/c1-4-24-12-17(20)18(23-24)10-21-19(26)16-7-5-6-15(9-16)11-25-14(3)8-13(2)22-25/h5-9,12H,4,10-11H2,1-3H3,(H,21,26). The van der Waals surface area contributed by atoms with Crippen molar-refractivity contribution < 1.29 is 4.79 Å². The second-order valence-electron chi connectivity index (χ2n) is 6.25. The van der Waals surface area contributed by atoms with E-state index in [0.717, 1.165) is 23.5 Å². The highest BCUT2D eigenvalue weighted by atomic mass is 35.5. The van der Waals surface area contributed by atoms with Crippen LogP contribution in [0.1, 0.15) is 39.9 Å². The smallest absolute Gasteiger partial charge is 0.251 e. The van der Waals surface area contributed by atoms with Crippen molar-refractivity contribution in [2.24, 2.45) is 0 Å². The number of halogens is 1. The van der Waals surface area contributed by atoms with Crippen LogP contribution in [0.4, 0.5) is 0 Å². The van der Waals surface area contributed by atoms with Crippen molar-refractivity contribution in [3.05, 3.63) is 69.8 Å². The minimum atomic E-state index is -0.151. The molecule has 0 saturated carbocycles. The summed E-state index contributed by atoms with van der Waals surface area (Å²) < 4.78 is 3.68. The molecule has 26 heavy (non-hydrogen) atoms. The van der Waals surface area contributed by atoms with Gasteiger partial charge in [-0.3, -0.25) is 14.2 Å². The van der Waals surface area contributed by atoms with Gasteiger partial charge in [0.2, 0.25) is 0 Å². The Morgan fingerprint density at radius 3 is 2.69 bits per heavy atom. The lowest BCUT2D eigenvalue weighted by Crippen LogP contribution is -2.23. The maximum atomic E-state index is 12.5. The van der Waals surface area contributed by atoms with Gasteiger partial charge in [0.05, 0.1) is 23.8 Å². The Hall–Kier alpha value is -2.60. The van der Waals surface area contributed by atoms with Gasteiger partial charge in [-0.05, 0) is 44.5 Å². The molecule has 0 aliphatic carbocycles. The first-order valence-electron chi connectivity index (χ1n) is 8.56.